The summed E-state index contributed by atoms with van der Waals surface area (Å²) in [4.78, 5) is 0. The maximum atomic E-state index is 2.00. The average molecular weight is 595 g/mol. The normalized spacial score (nSPS) is 3.00. The molecule has 0 aliphatic carbocycles. The van der Waals surface area contributed by atoms with Gasteiger partial charge in [0.25, 0.3) is 0 Å². The molecule has 3 heteroatoms. The van der Waals surface area contributed by atoms with Crippen LogP contribution in [0.2, 0.25) is 0 Å². The van der Waals surface area contributed by atoms with Crippen molar-refractivity contribution in [1.82, 2.24) is 0 Å². The van der Waals surface area contributed by atoms with Gasteiger partial charge in [-0.1, -0.05) is 0 Å². The smallest absolute Gasteiger partial charge is 0 e. The molecule has 0 aromatic heterocycles. The molecule has 0 atom stereocenters. The summed E-state index contributed by atoms with van der Waals surface area (Å²) in [7, 11) is 0. The van der Waals surface area contributed by atoms with Gasteiger partial charge in [-0.3, -0.25) is 0 Å². The molecule has 0 amide bonds. The van der Waals surface area contributed by atoms with E-state index in [0.29, 0.717) is 0 Å². The van der Waals surface area contributed by atoms with E-state index < -0.39 is 0 Å². The Balaban J connectivity index is -0.00000000667. The van der Waals surface area contributed by atoms with Crippen molar-refractivity contribution in [1.29, 1.82) is 0 Å². The molecule has 0 aliphatic rings. The van der Waals surface area contributed by atoms with E-state index >= 15 is 0 Å². The first-order chi connectivity index (χ1) is 1.41. The van der Waals surface area contributed by atoms with E-state index in [4.69, 9.17) is 0 Å². The summed E-state index contributed by atoms with van der Waals surface area (Å²) in [6.45, 7) is 4.00. The fourth-order valence-electron chi connectivity index (χ4n) is 0. The van der Waals surface area contributed by atoms with Gasteiger partial charge in [-0.15, -0.1) is 0 Å². The fourth-order valence-corrected chi connectivity index (χ4v) is 0. The van der Waals surface area contributed by atoms with E-state index in [1.807, 2.05) is 20.3 Å². The van der Waals surface area contributed by atoms with Gasteiger partial charge in [-0.2, -0.15) is 13.8 Å². The molecule has 0 N–H and O–H groups in total. The zero-order valence-electron chi connectivity index (χ0n) is 3.80. The molecule has 0 aromatic carbocycles. The second-order valence-electron chi connectivity index (χ2n) is 0.577. The summed E-state index contributed by atoms with van der Waals surface area (Å²) in [6, 6.07) is 0. The third-order valence-electron chi connectivity index (χ3n) is 0. The van der Waals surface area contributed by atoms with E-state index in [1.165, 1.54) is 0 Å². The SMILES string of the molecule is C[CH-]C.[W].[W].[W]. The van der Waals surface area contributed by atoms with Gasteiger partial charge in [-0.25, -0.2) is 0 Å². The molecule has 0 aromatic rings. The Morgan fingerprint density at radius 1 is 0.833 bits per heavy atom. The summed E-state index contributed by atoms with van der Waals surface area (Å²) in [5, 5.41) is 0. The summed E-state index contributed by atoms with van der Waals surface area (Å²) in [6.07, 6.45) is 2.00. The minimum Gasteiger partial charge on any atom is -0.335 e. The van der Waals surface area contributed by atoms with Gasteiger partial charge >= 0.3 is 0 Å². The predicted octanol–water partition coefficient (Wildman–Crippen LogP) is 1.22. The third kappa shape index (κ3) is 36.5. The first-order valence-electron chi connectivity index (χ1n) is 1.15. The summed E-state index contributed by atoms with van der Waals surface area (Å²) >= 11 is 0. The van der Waals surface area contributed by atoms with Crippen LogP contribution in [0.5, 0.6) is 0 Å². The molecule has 0 fully saturated rings. The molecule has 0 bridgehead atoms. The number of hydrogen-bond acceptors (Lipinski definition) is 0. The molecule has 0 radical (unpaired) electrons. The Bertz CT molecular complexity index is 6.00. The van der Waals surface area contributed by atoms with E-state index in [9.17, 15) is 0 Å². The Morgan fingerprint density at radius 2 is 0.833 bits per heavy atom. The molecule has 0 aliphatic heterocycles. The van der Waals surface area contributed by atoms with E-state index in [2.05, 4.69) is 0 Å². The molecule has 0 spiro atoms. The first-order valence-corrected chi connectivity index (χ1v) is 1.15. The van der Waals surface area contributed by atoms with Gasteiger partial charge in [0.05, 0.1) is 0 Å². The molecule has 0 unspecified atom stereocenters. The molecule has 38 valence electrons. The molecule has 6 heavy (non-hydrogen) atoms. The number of rotatable bonds is 0. The fraction of sp³-hybridized carbons (Fsp3) is 0.667. The monoisotopic (exact) mass is 595 g/mol. The summed E-state index contributed by atoms with van der Waals surface area (Å²) in [5.74, 6) is 0. The second kappa shape index (κ2) is 27.7. The van der Waals surface area contributed by atoms with Gasteiger partial charge in [0.2, 0.25) is 0 Å². The van der Waals surface area contributed by atoms with E-state index in [1.54, 1.807) is 0 Å². The molecule has 0 rings (SSSR count). The van der Waals surface area contributed by atoms with Crippen molar-refractivity contribution in [2.45, 2.75) is 13.8 Å². The maximum absolute atomic E-state index is 2.00. The average Bonchev–Trinajstić information content (AvgIpc) is 0.918. The summed E-state index contributed by atoms with van der Waals surface area (Å²) < 4.78 is 0. The minimum absolute atomic E-state index is 0. The van der Waals surface area contributed by atoms with Crippen molar-refractivity contribution in [2.24, 2.45) is 0 Å². The van der Waals surface area contributed by atoms with Crippen LogP contribution in [0.4, 0.5) is 0 Å². The van der Waals surface area contributed by atoms with Crippen LogP contribution in [0, 0.1) is 6.42 Å². The maximum Gasteiger partial charge on any atom is 0 e. The number of hydrogen-bond donors (Lipinski definition) is 0. The largest absolute Gasteiger partial charge is 0.335 e. The molecule has 0 saturated heterocycles. The van der Waals surface area contributed by atoms with Crippen molar-refractivity contribution < 1.29 is 63.2 Å². The zero-order chi connectivity index (χ0) is 2.71. The van der Waals surface area contributed by atoms with Gasteiger partial charge in [0.15, 0.2) is 0 Å². The van der Waals surface area contributed by atoms with Crippen LogP contribution < -0.4 is 0 Å². The van der Waals surface area contributed by atoms with Crippen LogP contribution in [0.15, 0.2) is 0 Å². The Labute approximate surface area is 82.6 Å². The standard InChI is InChI=1S/C3H7.3W/c1-3-2;;;/h3H,1-2H3;;;/q-1;;;. The minimum atomic E-state index is 0. The van der Waals surface area contributed by atoms with Crippen molar-refractivity contribution in [3.8, 4) is 0 Å². The Morgan fingerprint density at radius 3 is 0.833 bits per heavy atom. The quantitative estimate of drug-likeness (QED) is 0.371. The molecule has 0 nitrogen and oxygen atoms in total. The Kier molecular flexibility index (Phi) is 112. The van der Waals surface area contributed by atoms with Crippen LogP contribution in [0.25, 0.3) is 0 Å². The molecular formula is C3H7W3-. The van der Waals surface area contributed by atoms with Crippen molar-refractivity contribution in [3.63, 3.8) is 0 Å². The van der Waals surface area contributed by atoms with Crippen molar-refractivity contribution >= 4 is 0 Å². The van der Waals surface area contributed by atoms with Gasteiger partial charge in [-0.05, 0) is 0 Å². The third-order valence-corrected chi connectivity index (χ3v) is 0. The second-order valence-corrected chi connectivity index (χ2v) is 0.577. The van der Waals surface area contributed by atoms with E-state index in [-0.39, 0.29) is 63.2 Å². The van der Waals surface area contributed by atoms with Crippen LogP contribution in [0.1, 0.15) is 13.8 Å². The molecular weight excluding hydrogens is 588 g/mol. The van der Waals surface area contributed by atoms with Crippen LogP contribution >= 0.6 is 0 Å². The van der Waals surface area contributed by atoms with Gasteiger partial charge < -0.3 is 6.42 Å². The molecule has 0 saturated carbocycles. The van der Waals surface area contributed by atoms with Crippen LogP contribution in [-0.2, 0) is 63.2 Å². The predicted molar refractivity (Wildman–Crippen MR) is 15.6 cm³/mol. The topological polar surface area (TPSA) is 0 Å². The Hall–Kier alpha value is 2.06. The van der Waals surface area contributed by atoms with Gasteiger partial charge in [0, 0.05) is 63.2 Å². The van der Waals surface area contributed by atoms with Crippen molar-refractivity contribution in [3.05, 3.63) is 6.42 Å². The zero-order valence-corrected chi connectivity index (χ0v) is 12.6. The van der Waals surface area contributed by atoms with Crippen molar-refractivity contribution in [2.75, 3.05) is 0 Å². The van der Waals surface area contributed by atoms with Crippen LogP contribution in [-0.4, -0.2) is 0 Å². The van der Waals surface area contributed by atoms with E-state index in [0.717, 1.165) is 0 Å². The first kappa shape index (κ1) is 24.4. The van der Waals surface area contributed by atoms with Crippen LogP contribution in [0.3, 0.4) is 0 Å². The van der Waals surface area contributed by atoms with Gasteiger partial charge in [0.1, 0.15) is 0 Å². The molecule has 0 heterocycles. The summed E-state index contributed by atoms with van der Waals surface area (Å²) in [5.41, 5.74) is 0.